The number of rotatable bonds is 6. The van der Waals surface area contributed by atoms with E-state index >= 15 is 0 Å². The zero-order valence-electron chi connectivity index (χ0n) is 18.6. The molecule has 0 aliphatic carbocycles. The molecule has 2 aliphatic heterocycles. The molecule has 1 aromatic carbocycles. The average molecular weight is 474 g/mol. The van der Waals surface area contributed by atoms with Crippen LogP contribution in [-0.4, -0.2) is 48.7 Å². The van der Waals surface area contributed by atoms with Crippen LogP contribution in [-0.2, 0) is 19.9 Å². The van der Waals surface area contributed by atoms with Crippen LogP contribution in [0.25, 0.3) is 0 Å². The van der Waals surface area contributed by atoms with Gasteiger partial charge in [0.25, 0.3) is 5.91 Å². The Hall–Kier alpha value is -3.60. The van der Waals surface area contributed by atoms with Crippen LogP contribution >= 0.6 is 11.3 Å². The van der Waals surface area contributed by atoms with E-state index in [9.17, 15) is 19.2 Å². The fraction of sp³-hybridized carbons (Fsp3) is 0.364. The van der Waals surface area contributed by atoms with Crippen molar-refractivity contribution in [1.29, 1.82) is 0 Å². The van der Waals surface area contributed by atoms with Crippen molar-refractivity contribution in [2.75, 3.05) is 25.3 Å². The molecule has 0 saturated carbocycles. The Morgan fingerprint density at radius 1 is 1.24 bits per heavy atom. The van der Waals surface area contributed by atoms with Crippen molar-refractivity contribution in [3.63, 3.8) is 0 Å². The van der Waals surface area contributed by atoms with E-state index in [0.717, 1.165) is 9.78 Å². The standard InChI is InChI=1S/C22H23N3O7S/c1-5-30-19(27)17-11(2)12(3)33-18(17)23-16(26)9-25-20(28)22(4,24-21(25)29)13-6-7-14-15(8-13)32-10-31-14/h6-8H,5,9-10H2,1-4H3,(H,23,26)(H,24,29). The summed E-state index contributed by atoms with van der Waals surface area (Å²) >= 11 is 1.23. The van der Waals surface area contributed by atoms with Gasteiger partial charge in [-0.3, -0.25) is 14.5 Å². The largest absolute Gasteiger partial charge is 0.462 e. The molecule has 33 heavy (non-hydrogen) atoms. The Morgan fingerprint density at radius 3 is 2.70 bits per heavy atom. The van der Waals surface area contributed by atoms with E-state index < -0.39 is 35.9 Å². The van der Waals surface area contributed by atoms with E-state index in [2.05, 4.69) is 10.6 Å². The van der Waals surface area contributed by atoms with Crippen molar-refractivity contribution in [3.8, 4) is 11.5 Å². The maximum atomic E-state index is 13.2. The number of hydrogen-bond acceptors (Lipinski definition) is 8. The first kappa shape index (κ1) is 22.6. The van der Waals surface area contributed by atoms with Gasteiger partial charge < -0.3 is 24.8 Å². The van der Waals surface area contributed by atoms with Gasteiger partial charge in [-0.05, 0) is 51.0 Å². The summed E-state index contributed by atoms with van der Waals surface area (Å²) in [6.07, 6.45) is 0. The van der Waals surface area contributed by atoms with Crippen LogP contribution in [0.1, 0.15) is 40.2 Å². The van der Waals surface area contributed by atoms with E-state index in [1.807, 2.05) is 6.92 Å². The van der Waals surface area contributed by atoms with Crippen molar-refractivity contribution in [1.82, 2.24) is 10.2 Å². The number of imide groups is 1. The second-order valence-corrected chi connectivity index (χ2v) is 9.00. The maximum Gasteiger partial charge on any atom is 0.341 e. The molecular formula is C22H23N3O7S. The summed E-state index contributed by atoms with van der Waals surface area (Å²) < 4.78 is 15.7. The van der Waals surface area contributed by atoms with Gasteiger partial charge in [0.05, 0.1) is 12.2 Å². The van der Waals surface area contributed by atoms with E-state index in [4.69, 9.17) is 14.2 Å². The minimum absolute atomic E-state index is 0.0809. The Morgan fingerprint density at radius 2 is 1.97 bits per heavy atom. The lowest BCUT2D eigenvalue weighted by atomic mass is 9.91. The number of amides is 4. The third kappa shape index (κ3) is 3.88. The molecule has 3 heterocycles. The SMILES string of the molecule is CCOC(=O)c1c(NC(=O)CN2C(=O)NC(C)(c3ccc4c(c3)OCO4)C2=O)sc(C)c1C. The molecule has 4 rings (SSSR count). The molecule has 174 valence electrons. The number of ether oxygens (including phenoxy) is 3. The van der Waals surface area contributed by atoms with E-state index in [-0.39, 0.29) is 19.0 Å². The quantitative estimate of drug-likeness (QED) is 0.488. The minimum atomic E-state index is -1.37. The summed E-state index contributed by atoms with van der Waals surface area (Å²) in [6, 6.07) is 4.26. The first-order valence-electron chi connectivity index (χ1n) is 10.3. The first-order chi connectivity index (χ1) is 15.7. The first-order valence-corrected chi connectivity index (χ1v) is 11.1. The van der Waals surface area contributed by atoms with Gasteiger partial charge in [-0.15, -0.1) is 11.3 Å². The number of fused-ring (bicyclic) bond motifs is 1. The molecular weight excluding hydrogens is 450 g/mol. The summed E-state index contributed by atoms with van der Waals surface area (Å²) in [7, 11) is 0. The van der Waals surface area contributed by atoms with Crippen molar-refractivity contribution in [2.45, 2.75) is 33.2 Å². The molecule has 1 unspecified atom stereocenters. The number of benzene rings is 1. The molecule has 1 fully saturated rings. The monoisotopic (exact) mass is 473 g/mol. The molecule has 0 spiro atoms. The molecule has 10 nitrogen and oxygen atoms in total. The summed E-state index contributed by atoms with van der Waals surface area (Å²) in [6.45, 7) is 6.61. The second-order valence-electron chi connectivity index (χ2n) is 7.77. The van der Waals surface area contributed by atoms with Crippen LogP contribution in [0.5, 0.6) is 11.5 Å². The van der Waals surface area contributed by atoms with E-state index in [1.165, 1.54) is 11.3 Å². The van der Waals surface area contributed by atoms with Gasteiger partial charge in [-0.1, -0.05) is 6.07 Å². The number of nitrogens with one attached hydrogen (secondary N) is 2. The van der Waals surface area contributed by atoms with Gasteiger partial charge in [0, 0.05) is 4.88 Å². The van der Waals surface area contributed by atoms with Gasteiger partial charge in [0.2, 0.25) is 12.7 Å². The zero-order valence-corrected chi connectivity index (χ0v) is 19.4. The summed E-state index contributed by atoms with van der Waals surface area (Å²) in [5.41, 5.74) is 0.112. The topological polar surface area (TPSA) is 123 Å². The highest BCUT2D eigenvalue weighted by Gasteiger charge is 2.50. The molecule has 11 heteroatoms. The molecule has 1 saturated heterocycles. The van der Waals surface area contributed by atoms with Gasteiger partial charge in [-0.25, -0.2) is 9.59 Å². The number of aryl methyl sites for hydroxylation is 1. The van der Waals surface area contributed by atoms with Crippen LogP contribution in [0.3, 0.4) is 0 Å². The fourth-order valence-corrected chi connectivity index (χ4v) is 4.78. The Balaban J connectivity index is 1.52. The number of esters is 1. The van der Waals surface area contributed by atoms with E-state index in [0.29, 0.717) is 27.6 Å². The average Bonchev–Trinajstić information content (AvgIpc) is 3.40. The number of anilines is 1. The van der Waals surface area contributed by atoms with Crippen LogP contribution in [0.15, 0.2) is 18.2 Å². The molecule has 1 aromatic heterocycles. The second kappa shape index (κ2) is 8.39. The summed E-state index contributed by atoms with van der Waals surface area (Å²) in [5.74, 6) is -0.706. The number of hydrogen-bond donors (Lipinski definition) is 2. The highest BCUT2D eigenvalue weighted by atomic mass is 32.1. The number of carbonyl (C=O) groups excluding carboxylic acids is 4. The molecule has 2 N–H and O–H groups in total. The van der Waals surface area contributed by atoms with Gasteiger partial charge in [-0.2, -0.15) is 0 Å². The Kier molecular flexibility index (Phi) is 5.75. The van der Waals surface area contributed by atoms with Gasteiger partial charge >= 0.3 is 12.0 Å². The van der Waals surface area contributed by atoms with Crippen LogP contribution < -0.4 is 20.1 Å². The number of carbonyl (C=O) groups is 4. The van der Waals surface area contributed by atoms with Gasteiger partial charge in [0.1, 0.15) is 17.1 Å². The minimum Gasteiger partial charge on any atom is -0.462 e. The predicted octanol–water partition coefficient (Wildman–Crippen LogP) is 2.68. The lowest BCUT2D eigenvalue weighted by Gasteiger charge is -2.22. The number of urea groups is 1. The molecule has 0 bridgehead atoms. The fourth-order valence-electron chi connectivity index (χ4n) is 3.72. The zero-order chi connectivity index (χ0) is 23.9. The molecule has 0 radical (unpaired) electrons. The van der Waals surface area contributed by atoms with Crippen molar-refractivity contribution in [3.05, 3.63) is 39.8 Å². The van der Waals surface area contributed by atoms with Crippen LogP contribution in [0, 0.1) is 13.8 Å². The lowest BCUT2D eigenvalue weighted by Crippen LogP contribution is -2.42. The van der Waals surface area contributed by atoms with Crippen molar-refractivity contribution < 1.29 is 33.4 Å². The lowest BCUT2D eigenvalue weighted by molar-refractivity contribution is -0.133. The van der Waals surface area contributed by atoms with Crippen LogP contribution in [0.2, 0.25) is 0 Å². The summed E-state index contributed by atoms with van der Waals surface area (Å²) in [5, 5.41) is 5.62. The highest BCUT2D eigenvalue weighted by Crippen LogP contribution is 2.38. The van der Waals surface area contributed by atoms with Crippen molar-refractivity contribution in [2.24, 2.45) is 0 Å². The molecule has 1 atom stereocenters. The smallest absolute Gasteiger partial charge is 0.341 e. The van der Waals surface area contributed by atoms with E-state index in [1.54, 1.807) is 39.0 Å². The Bertz CT molecular complexity index is 1170. The number of nitrogens with zero attached hydrogens (tertiary/aromatic N) is 1. The number of thiophene rings is 1. The summed E-state index contributed by atoms with van der Waals surface area (Å²) in [4.78, 5) is 52.5. The van der Waals surface area contributed by atoms with Crippen molar-refractivity contribution >= 4 is 40.2 Å². The van der Waals surface area contributed by atoms with Gasteiger partial charge in [0.15, 0.2) is 11.5 Å². The predicted molar refractivity (Wildman–Crippen MR) is 119 cm³/mol. The molecule has 4 amide bonds. The Labute approximate surface area is 193 Å². The third-order valence-corrected chi connectivity index (χ3v) is 6.77. The molecule has 2 aromatic rings. The molecule has 2 aliphatic rings. The maximum absolute atomic E-state index is 13.2. The highest BCUT2D eigenvalue weighted by molar-refractivity contribution is 7.16. The van der Waals surface area contributed by atoms with Crippen LogP contribution in [0.4, 0.5) is 9.80 Å². The third-order valence-electron chi connectivity index (χ3n) is 5.64. The normalized spacial score (nSPS) is 19.0.